The van der Waals surface area contributed by atoms with Gasteiger partial charge < -0.3 is 37.4 Å². The second-order valence-electron chi connectivity index (χ2n) is 13.0. The number of halogens is 1. The number of H-pyrrole nitrogens is 2. The summed E-state index contributed by atoms with van der Waals surface area (Å²) >= 11 is 0. The summed E-state index contributed by atoms with van der Waals surface area (Å²) in [5.41, 5.74) is 15.3. The number of nitrogens with zero attached hydrogens (tertiary/aromatic N) is 6. The Labute approximate surface area is 327 Å². The lowest BCUT2D eigenvalue weighted by Crippen LogP contribution is -2.18. The fourth-order valence-corrected chi connectivity index (χ4v) is 6.71. The molecule has 16 heteroatoms. The van der Waals surface area contributed by atoms with E-state index in [1.807, 2.05) is 48.5 Å². The maximum atomic E-state index is 15.1. The van der Waals surface area contributed by atoms with Crippen molar-refractivity contribution in [2.45, 2.75) is 13.1 Å². The molecule has 0 bridgehead atoms. The number of benzene rings is 4. The highest BCUT2D eigenvalue weighted by molar-refractivity contribution is 5.86. The van der Waals surface area contributed by atoms with Crippen LogP contribution in [0.15, 0.2) is 113 Å². The number of nitrogen functional groups attached to an aromatic ring is 2. The number of nitrogens with one attached hydrogen (secondary N) is 5. The third-order valence-corrected chi connectivity index (χ3v) is 9.46. The van der Waals surface area contributed by atoms with Crippen LogP contribution in [0.1, 0.15) is 22.3 Å². The van der Waals surface area contributed by atoms with E-state index in [0.29, 0.717) is 33.4 Å². The Morgan fingerprint density at radius 3 is 2.09 bits per heavy atom. The largest absolute Gasteiger partial charge is 0.382 e. The van der Waals surface area contributed by atoms with Crippen LogP contribution in [0.3, 0.4) is 0 Å². The van der Waals surface area contributed by atoms with Crippen molar-refractivity contribution in [2.75, 3.05) is 27.4 Å². The number of para-hydroxylation sites is 2. The van der Waals surface area contributed by atoms with Gasteiger partial charge >= 0.3 is 0 Å². The fraction of sp³-hybridized carbons (Fsp3) is 0.0476. The normalized spacial score (nSPS) is 10.9. The summed E-state index contributed by atoms with van der Waals surface area (Å²) in [4.78, 5) is 50.9. The number of nitrogens with two attached hydrogens (primary N) is 2. The lowest BCUT2D eigenvalue weighted by atomic mass is 10.0. The third-order valence-electron chi connectivity index (χ3n) is 9.46. The van der Waals surface area contributed by atoms with Crippen molar-refractivity contribution in [2.24, 2.45) is 0 Å². The molecule has 8 aromatic rings. The van der Waals surface area contributed by atoms with E-state index < -0.39 is 11.2 Å². The van der Waals surface area contributed by atoms with Crippen LogP contribution in [0, 0.1) is 28.5 Å². The monoisotopic (exact) mass is 767 g/mol. The molecule has 282 valence electrons. The quantitative estimate of drug-likeness (QED) is 0.0808. The summed E-state index contributed by atoms with van der Waals surface area (Å²) in [6.45, 7) is -0.132. The summed E-state index contributed by atoms with van der Waals surface area (Å²) in [5, 5.41) is 29.9. The highest BCUT2D eigenvalue weighted by atomic mass is 19.1. The van der Waals surface area contributed by atoms with E-state index in [-0.39, 0.29) is 81.0 Å². The van der Waals surface area contributed by atoms with E-state index in [1.54, 1.807) is 36.4 Å². The first-order chi connectivity index (χ1) is 28.2. The van der Waals surface area contributed by atoms with Crippen molar-refractivity contribution in [3.8, 4) is 34.7 Å². The van der Waals surface area contributed by atoms with Crippen LogP contribution >= 0.6 is 0 Å². The Morgan fingerprint density at radius 2 is 1.31 bits per heavy atom. The molecule has 0 fully saturated rings. The van der Waals surface area contributed by atoms with Crippen molar-refractivity contribution in [1.29, 1.82) is 10.5 Å². The molecule has 0 aliphatic rings. The summed E-state index contributed by atoms with van der Waals surface area (Å²) in [6, 6.07) is 31.7. The zero-order valence-electron chi connectivity index (χ0n) is 30.3. The molecule has 4 aromatic carbocycles. The minimum atomic E-state index is -0.628. The summed E-state index contributed by atoms with van der Waals surface area (Å²) < 4.78 is 15.1. The number of hydrogen-bond donors (Lipinski definition) is 7. The van der Waals surface area contributed by atoms with Crippen LogP contribution in [0.4, 0.5) is 39.3 Å². The standard InChI is InChI=1S/C42H30FN13O2/c43-31-14-7-13-26-35(31)54-34(30(37(26)58)19-48-39-27(17-44)38(46)50-21-51-39)23-10-6-11-24(16-23)52-41-28(18-45)40(55-42(47)56-41)49-20-29-33(22-8-2-1-3-9-22)53-32-15-5-4-12-25(32)36(29)57/h1-16,21H,19-20H2,(H,53,57)(H,54,58)(H3,46,48,50,51)(H4,47,49,52,55,56). The van der Waals surface area contributed by atoms with Gasteiger partial charge in [-0.15, -0.1) is 0 Å². The number of rotatable bonds is 10. The minimum absolute atomic E-state index is 0.000311. The third kappa shape index (κ3) is 6.80. The maximum Gasteiger partial charge on any atom is 0.224 e. The molecule has 15 nitrogen and oxygen atoms in total. The summed E-state index contributed by atoms with van der Waals surface area (Å²) in [7, 11) is 0. The highest BCUT2D eigenvalue weighted by Crippen LogP contribution is 2.31. The molecule has 0 amide bonds. The zero-order valence-corrected chi connectivity index (χ0v) is 30.3. The van der Waals surface area contributed by atoms with Crippen molar-refractivity contribution in [3.05, 3.63) is 152 Å². The molecule has 0 unspecified atom stereocenters. The van der Waals surface area contributed by atoms with E-state index in [4.69, 9.17) is 11.5 Å². The van der Waals surface area contributed by atoms with Crippen LogP contribution in [-0.2, 0) is 13.1 Å². The van der Waals surface area contributed by atoms with Gasteiger partial charge in [-0.1, -0.05) is 60.7 Å². The maximum absolute atomic E-state index is 15.1. The Bertz CT molecular complexity index is 3120. The number of fused-ring (bicyclic) bond motifs is 2. The van der Waals surface area contributed by atoms with E-state index in [0.717, 1.165) is 5.56 Å². The smallest absolute Gasteiger partial charge is 0.224 e. The number of hydrogen-bond acceptors (Lipinski definition) is 13. The molecule has 4 aromatic heterocycles. The molecule has 58 heavy (non-hydrogen) atoms. The van der Waals surface area contributed by atoms with Crippen LogP contribution in [0.2, 0.25) is 0 Å². The molecule has 8 rings (SSSR count). The highest BCUT2D eigenvalue weighted by Gasteiger charge is 2.20. The van der Waals surface area contributed by atoms with Gasteiger partial charge in [-0.3, -0.25) is 9.59 Å². The second-order valence-corrected chi connectivity index (χ2v) is 13.0. The lowest BCUT2D eigenvalue weighted by Gasteiger charge is -2.16. The average molecular weight is 768 g/mol. The Balaban J connectivity index is 1.15. The minimum Gasteiger partial charge on any atom is -0.382 e. The molecular weight excluding hydrogens is 738 g/mol. The molecule has 0 spiro atoms. The van der Waals surface area contributed by atoms with Crippen molar-refractivity contribution in [1.82, 2.24) is 29.9 Å². The molecule has 0 saturated heterocycles. The molecule has 0 aliphatic carbocycles. The van der Waals surface area contributed by atoms with Gasteiger partial charge in [0.2, 0.25) is 5.95 Å². The Hall–Kier alpha value is -8.63. The van der Waals surface area contributed by atoms with Crippen LogP contribution in [-0.4, -0.2) is 29.9 Å². The van der Waals surface area contributed by atoms with E-state index in [9.17, 15) is 20.1 Å². The average Bonchev–Trinajstić information content (AvgIpc) is 3.23. The van der Waals surface area contributed by atoms with Crippen molar-refractivity contribution in [3.63, 3.8) is 0 Å². The van der Waals surface area contributed by atoms with Gasteiger partial charge in [-0.05, 0) is 42.0 Å². The Kier molecular flexibility index (Phi) is 9.56. The van der Waals surface area contributed by atoms with E-state index in [2.05, 4.69) is 51.9 Å². The molecule has 0 saturated carbocycles. The van der Waals surface area contributed by atoms with Crippen LogP contribution in [0.5, 0.6) is 0 Å². The molecule has 0 atom stereocenters. The van der Waals surface area contributed by atoms with Crippen molar-refractivity contribution >= 4 is 56.7 Å². The number of pyridine rings is 2. The molecule has 0 radical (unpaired) electrons. The molecule has 9 N–H and O–H groups in total. The SMILES string of the molecule is N#Cc1c(N)ncnc1NCc1c(-c2cccc(Nc3nc(N)nc(NCc4c(-c5ccccc5)[nH]c5ccccc5c4=O)c3C#N)c2)[nH]c2c(F)cccc2c1=O. The number of nitriles is 2. The molecule has 4 heterocycles. The number of aromatic amines is 2. The predicted molar refractivity (Wildman–Crippen MR) is 220 cm³/mol. The van der Waals surface area contributed by atoms with Crippen LogP contribution < -0.4 is 38.3 Å². The van der Waals surface area contributed by atoms with Gasteiger partial charge in [0, 0.05) is 51.8 Å². The first kappa shape index (κ1) is 36.4. The first-order valence-electron chi connectivity index (χ1n) is 17.7. The van der Waals surface area contributed by atoms with Gasteiger partial charge in [0.25, 0.3) is 0 Å². The lowest BCUT2D eigenvalue weighted by molar-refractivity contribution is 0.636. The topological polar surface area (TPSA) is 253 Å². The molecule has 0 aliphatic heterocycles. The summed E-state index contributed by atoms with van der Waals surface area (Å²) in [6.07, 6.45) is 1.19. The first-order valence-corrected chi connectivity index (χ1v) is 17.7. The van der Waals surface area contributed by atoms with Gasteiger partial charge in [-0.25, -0.2) is 14.4 Å². The van der Waals surface area contributed by atoms with Gasteiger partial charge in [0.15, 0.2) is 22.5 Å². The predicted octanol–water partition coefficient (Wildman–Crippen LogP) is 6.30. The zero-order chi connectivity index (χ0) is 40.3. The molecular formula is C42H30FN13O2. The summed E-state index contributed by atoms with van der Waals surface area (Å²) in [5.74, 6) is -0.544. The Morgan fingerprint density at radius 1 is 0.672 bits per heavy atom. The van der Waals surface area contributed by atoms with Gasteiger partial charge in [0.1, 0.15) is 47.0 Å². The van der Waals surface area contributed by atoms with Crippen molar-refractivity contribution < 1.29 is 4.39 Å². The van der Waals surface area contributed by atoms with E-state index >= 15 is 4.39 Å². The fourth-order valence-electron chi connectivity index (χ4n) is 6.71. The number of aromatic nitrogens is 6. The van der Waals surface area contributed by atoms with E-state index in [1.165, 1.54) is 24.5 Å². The number of anilines is 6. The van der Waals surface area contributed by atoms with Crippen LogP contribution in [0.25, 0.3) is 44.3 Å². The second kappa shape index (κ2) is 15.2. The van der Waals surface area contributed by atoms with Gasteiger partial charge in [0.05, 0.1) is 16.9 Å². The van der Waals surface area contributed by atoms with Gasteiger partial charge in [-0.2, -0.15) is 20.5 Å².